The van der Waals surface area contributed by atoms with Gasteiger partial charge in [0, 0.05) is 32.8 Å². The van der Waals surface area contributed by atoms with Crippen LogP contribution in [0.15, 0.2) is 11.3 Å². The van der Waals surface area contributed by atoms with Gasteiger partial charge in [-0.2, -0.15) is 0 Å². The van der Waals surface area contributed by atoms with E-state index in [4.69, 9.17) is 10.6 Å². The topological polar surface area (TPSA) is 93.6 Å². The van der Waals surface area contributed by atoms with Crippen molar-refractivity contribution < 1.29 is 4.74 Å². The zero-order valence-electron chi connectivity index (χ0n) is 11.2. The van der Waals surface area contributed by atoms with Crippen LogP contribution in [-0.2, 0) is 17.8 Å². The molecule has 8 nitrogen and oxygen atoms in total. The second-order valence-electron chi connectivity index (χ2n) is 4.26. The first-order valence-electron chi connectivity index (χ1n) is 6.55. The quantitative estimate of drug-likeness (QED) is 0.242. The number of hydrazine groups is 1. The number of rotatable bonds is 5. The summed E-state index contributed by atoms with van der Waals surface area (Å²) in [5.41, 5.74) is 2.66. The van der Waals surface area contributed by atoms with Crippen LogP contribution in [0.3, 0.4) is 0 Å². The Morgan fingerprint density at radius 3 is 3.26 bits per heavy atom. The fraction of sp³-hybridized carbons (Fsp3) is 0.727. The molecule has 0 saturated carbocycles. The predicted octanol–water partition coefficient (Wildman–Crippen LogP) is -0.660. The van der Waals surface area contributed by atoms with Gasteiger partial charge in [0.25, 0.3) is 0 Å². The van der Waals surface area contributed by atoms with E-state index >= 15 is 0 Å². The van der Waals surface area contributed by atoms with Gasteiger partial charge in [-0.15, -0.1) is 10.2 Å². The van der Waals surface area contributed by atoms with Crippen LogP contribution in [0.25, 0.3) is 0 Å². The molecule has 1 aromatic rings. The van der Waals surface area contributed by atoms with Crippen LogP contribution in [0.4, 0.5) is 0 Å². The number of nitrogens with one attached hydrogen (secondary N) is 1. The summed E-state index contributed by atoms with van der Waals surface area (Å²) in [5, 5.41) is 7.97. The second-order valence-corrected chi connectivity index (χ2v) is 4.26. The Balaban J connectivity index is 1.86. The van der Waals surface area contributed by atoms with Crippen molar-refractivity contribution >= 4 is 5.96 Å². The Morgan fingerprint density at radius 2 is 2.47 bits per heavy atom. The van der Waals surface area contributed by atoms with Crippen molar-refractivity contribution in [2.24, 2.45) is 10.8 Å². The van der Waals surface area contributed by atoms with Gasteiger partial charge >= 0.3 is 0 Å². The Bertz CT molecular complexity index is 417. The molecule has 0 radical (unpaired) electrons. The van der Waals surface area contributed by atoms with Crippen LogP contribution in [0.1, 0.15) is 19.2 Å². The van der Waals surface area contributed by atoms with Crippen LogP contribution in [0.2, 0.25) is 0 Å². The van der Waals surface area contributed by atoms with Gasteiger partial charge in [-0.25, -0.2) is 5.84 Å². The van der Waals surface area contributed by atoms with E-state index in [0.29, 0.717) is 19.0 Å². The van der Waals surface area contributed by atoms with Crippen molar-refractivity contribution in [1.82, 2.24) is 25.1 Å². The van der Waals surface area contributed by atoms with E-state index in [1.165, 1.54) is 0 Å². The maximum absolute atomic E-state index is 5.54. The van der Waals surface area contributed by atoms with Crippen LogP contribution in [-0.4, -0.2) is 51.9 Å². The third-order valence-electron chi connectivity index (χ3n) is 2.98. The highest BCUT2D eigenvalue weighted by Crippen LogP contribution is 2.08. The number of guanidine groups is 1. The minimum atomic E-state index is 0.675. The van der Waals surface area contributed by atoms with Crippen molar-refractivity contribution in [3.8, 4) is 0 Å². The molecule has 19 heavy (non-hydrogen) atoms. The van der Waals surface area contributed by atoms with E-state index in [0.717, 1.165) is 38.5 Å². The second kappa shape index (κ2) is 7.05. The first-order chi connectivity index (χ1) is 9.35. The summed E-state index contributed by atoms with van der Waals surface area (Å²) in [7, 11) is 0. The molecular weight excluding hydrogens is 246 g/mol. The number of aliphatic imine (C=N–C) groups is 1. The highest BCUT2D eigenvalue weighted by Gasteiger charge is 2.19. The zero-order chi connectivity index (χ0) is 13.5. The van der Waals surface area contributed by atoms with Gasteiger partial charge in [-0.1, -0.05) is 0 Å². The minimum absolute atomic E-state index is 0.675. The van der Waals surface area contributed by atoms with E-state index in [-0.39, 0.29) is 0 Å². The number of fused-ring (bicyclic) bond motifs is 1. The number of nitrogens with two attached hydrogens (primary N) is 1. The third kappa shape index (κ3) is 3.65. The molecule has 1 aromatic heterocycles. The summed E-state index contributed by atoms with van der Waals surface area (Å²) >= 11 is 0. The Labute approximate surface area is 112 Å². The third-order valence-corrected chi connectivity index (χ3v) is 2.98. The average molecular weight is 267 g/mol. The average Bonchev–Trinajstić information content (AvgIpc) is 2.90. The molecule has 106 valence electrons. The molecule has 0 spiro atoms. The summed E-state index contributed by atoms with van der Waals surface area (Å²) < 4.78 is 7.32. The molecular formula is C11H21N7O. The molecule has 2 heterocycles. The lowest BCUT2D eigenvalue weighted by Crippen LogP contribution is -2.48. The van der Waals surface area contributed by atoms with E-state index < -0.39 is 0 Å². The molecule has 0 saturated heterocycles. The predicted molar refractivity (Wildman–Crippen MR) is 71.2 cm³/mol. The van der Waals surface area contributed by atoms with Crippen molar-refractivity contribution in [2.75, 3.05) is 26.3 Å². The summed E-state index contributed by atoms with van der Waals surface area (Å²) in [5.74, 6) is 7.18. The van der Waals surface area contributed by atoms with E-state index in [9.17, 15) is 0 Å². The number of hydrogen-bond acceptors (Lipinski definition) is 5. The fourth-order valence-electron chi connectivity index (χ4n) is 1.98. The molecule has 8 heteroatoms. The summed E-state index contributed by atoms with van der Waals surface area (Å²) in [4.78, 5) is 6.54. The van der Waals surface area contributed by atoms with Gasteiger partial charge in [0.15, 0.2) is 5.82 Å². The first-order valence-corrected chi connectivity index (χ1v) is 6.55. The smallest absolute Gasteiger partial charge is 0.208 e. The lowest BCUT2D eigenvalue weighted by Gasteiger charge is -2.29. The maximum atomic E-state index is 5.54. The largest absolute Gasteiger partial charge is 0.382 e. The Morgan fingerprint density at radius 1 is 1.58 bits per heavy atom. The number of hydrogen-bond donors (Lipinski definition) is 2. The molecule has 0 amide bonds. The standard InChI is InChI=1S/C11H21N7O/c1-2-19-7-3-4-13-11(15-12)17-5-6-18-9-14-16-10(18)8-17/h9H,2-8,12H2,1H3,(H,13,15). The zero-order valence-corrected chi connectivity index (χ0v) is 11.2. The van der Waals surface area contributed by atoms with Gasteiger partial charge in [0.2, 0.25) is 5.96 Å². The molecule has 0 unspecified atom stereocenters. The van der Waals surface area contributed by atoms with Gasteiger partial charge in [-0.3, -0.25) is 10.4 Å². The van der Waals surface area contributed by atoms with Crippen LogP contribution in [0.5, 0.6) is 0 Å². The van der Waals surface area contributed by atoms with Crippen molar-refractivity contribution in [3.05, 3.63) is 12.2 Å². The maximum Gasteiger partial charge on any atom is 0.208 e. The Hall–Kier alpha value is -1.67. The van der Waals surface area contributed by atoms with Crippen LogP contribution >= 0.6 is 0 Å². The van der Waals surface area contributed by atoms with Gasteiger partial charge in [0.05, 0.1) is 6.54 Å². The van der Waals surface area contributed by atoms with E-state index in [2.05, 4.69) is 25.5 Å². The van der Waals surface area contributed by atoms with Crippen molar-refractivity contribution in [1.29, 1.82) is 0 Å². The lowest BCUT2D eigenvalue weighted by molar-refractivity contribution is 0.146. The SMILES string of the molecule is CCOCCCN=C(NN)N1CCn2cnnc2C1. The van der Waals surface area contributed by atoms with Crippen molar-refractivity contribution in [3.63, 3.8) is 0 Å². The van der Waals surface area contributed by atoms with E-state index in [1.54, 1.807) is 6.33 Å². The molecule has 0 aliphatic carbocycles. The first kappa shape index (κ1) is 13.8. The molecule has 0 aromatic carbocycles. The number of nitrogens with zero attached hydrogens (tertiary/aromatic N) is 5. The number of ether oxygens (including phenoxy) is 1. The Kier molecular flexibility index (Phi) is 5.10. The molecule has 0 atom stereocenters. The lowest BCUT2D eigenvalue weighted by atomic mass is 10.3. The molecule has 1 aliphatic rings. The highest BCUT2D eigenvalue weighted by molar-refractivity contribution is 5.79. The summed E-state index contributed by atoms with van der Waals surface area (Å²) in [6.45, 7) is 6.53. The number of aromatic nitrogens is 3. The van der Waals surface area contributed by atoms with Crippen LogP contribution < -0.4 is 11.3 Å². The highest BCUT2D eigenvalue weighted by atomic mass is 16.5. The normalized spacial score (nSPS) is 15.5. The molecule has 0 bridgehead atoms. The molecule has 2 rings (SSSR count). The monoisotopic (exact) mass is 267 g/mol. The summed E-state index contributed by atoms with van der Waals surface area (Å²) in [6, 6.07) is 0. The van der Waals surface area contributed by atoms with Gasteiger partial charge in [0.1, 0.15) is 6.33 Å². The van der Waals surface area contributed by atoms with Gasteiger partial charge < -0.3 is 14.2 Å². The van der Waals surface area contributed by atoms with Crippen molar-refractivity contribution in [2.45, 2.75) is 26.4 Å². The molecule has 0 fully saturated rings. The summed E-state index contributed by atoms with van der Waals surface area (Å²) in [6.07, 6.45) is 2.64. The van der Waals surface area contributed by atoms with Crippen LogP contribution in [0, 0.1) is 0 Å². The van der Waals surface area contributed by atoms with Gasteiger partial charge in [-0.05, 0) is 13.3 Å². The molecule has 3 N–H and O–H groups in total. The van der Waals surface area contributed by atoms with E-state index in [1.807, 2.05) is 11.5 Å². The molecule has 1 aliphatic heterocycles. The minimum Gasteiger partial charge on any atom is -0.382 e. The fourth-order valence-corrected chi connectivity index (χ4v) is 1.98.